The first-order valence-corrected chi connectivity index (χ1v) is 6.59. The zero-order valence-corrected chi connectivity index (χ0v) is 11.4. The van der Waals surface area contributed by atoms with E-state index >= 15 is 0 Å². The van der Waals surface area contributed by atoms with E-state index in [4.69, 9.17) is 5.11 Å². The minimum atomic E-state index is -0.862. The van der Waals surface area contributed by atoms with Gasteiger partial charge in [0.05, 0.1) is 10.2 Å². The number of benzene rings is 1. The van der Waals surface area contributed by atoms with Crippen LogP contribution in [0, 0.1) is 0 Å². The third-order valence-corrected chi connectivity index (χ3v) is 3.75. The van der Waals surface area contributed by atoms with Gasteiger partial charge in [-0.2, -0.15) is 0 Å². The molecule has 1 aromatic rings. The molecule has 1 fully saturated rings. The molecule has 3 N–H and O–H groups in total. The van der Waals surface area contributed by atoms with Gasteiger partial charge in [0.2, 0.25) is 0 Å². The molecule has 0 saturated carbocycles. The van der Waals surface area contributed by atoms with Crippen molar-refractivity contribution in [3.63, 3.8) is 0 Å². The molecular formula is C12H15BrN2O3. The Hall–Kier alpha value is -1.43. The Kier molecular flexibility index (Phi) is 3.96. The summed E-state index contributed by atoms with van der Waals surface area (Å²) < 4.78 is 0.649. The number of carboxylic acid groups (broad SMARTS) is 1. The third kappa shape index (κ3) is 2.87. The van der Waals surface area contributed by atoms with Crippen molar-refractivity contribution >= 4 is 27.7 Å². The highest BCUT2D eigenvalue weighted by molar-refractivity contribution is 9.10. The fraction of sp³-hybridized carbons (Fsp3) is 0.417. The van der Waals surface area contributed by atoms with Gasteiger partial charge in [0, 0.05) is 19.1 Å². The minimum absolute atomic E-state index is 0.193. The minimum Gasteiger partial charge on any atom is -0.505 e. The standard InChI is InChI=1S/C12H15BrN2O3/c13-9-2-1-3-10(11(9)16)14-8-4-6-15(7-5-8)12(17)18/h1-3,8,14,16H,4-7H2,(H,17,18). The molecule has 1 saturated heterocycles. The number of nitrogens with one attached hydrogen (secondary N) is 1. The summed E-state index contributed by atoms with van der Waals surface area (Å²) in [5.41, 5.74) is 0.679. The highest BCUT2D eigenvalue weighted by Gasteiger charge is 2.22. The average molecular weight is 315 g/mol. The van der Waals surface area contributed by atoms with Crippen molar-refractivity contribution in [3.8, 4) is 5.75 Å². The molecule has 0 unspecified atom stereocenters. The van der Waals surface area contributed by atoms with Crippen molar-refractivity contribution in [2.75, 3.05) is 18.4 Å². The van der Waals surface area contributed by atoms with Crippen molar-refractivity contribution in [2.24, 2.45) is 0 Å². The second-order valence-electron chi connectivity index (χ2n) is 4.32. The second-order valence-corrected chi connectivity index (χ2v) is 5.18. The largest absolute Gasteiger partial charge is 0.505 e. The van der Waals surface area contributed by atoms with Gasteiger partial charge in [0.1, 0.15) is 0 Å². The topological polar surface area (TPSA) is 72.8 Å². The van der Waals surface area contributed by atoms with E-state index in [9.17, 15) is 9.90 Å². The van der Waals surface area contributed by atoms with Crippen LogP contribution in [-0.2, 0) is 0 Å². The lowest BCUT2D eigenvalue weighted by Crippen LogP contribution is -2.41. The number of hydrogen-bond acceptors (Lipinski definition) is 3. The summed E-state index contributed by atoms with van der Waals surface area (Å²) in [5, 5.41) is 22.0. The molecule has 98 valence electrons. The van der Waals surface area contributed by atoms with Crippen molar-refractivity contribution in [1.82, 2.24) is 4.90 Å². The van der Waals surface area contributed by atoms with E-state index in [0.717, 1.165) is 12.8 Å². The molecule has 1 heterocycles. The molecule has 1 aliphatic rings. The number of phenolic OH excluding ortho intramolecular Hbond substituents is 1. The number of nitrogens with zero attached hydrogens (tertiary/aromatic N) is 1. The van der Waals surface area contributed by atoms with Gasteiger partial charge in [-0.05, 0) is 40.9 Å². The van der Waals surface area contributed by atoms with E-state index < -0.39 is 6.09 Å². The van der Waals surface area contributed by atoms with Crippen molar-refractivity contribution in [1.29, 1.82) is 0 Å². The Balaban J connectivity index is 1.96. The van der Waals surface area contributed by atoms with Crippen LogP contribution in [0.25, 0.3) is 0 Å². The molecule has 0 bridgehead atoms. The van der Waals surface area contributed by atoms with Gasteiger partial charge in [-0.3, -0.25) is 0 Å². The lowest BCUT2D eigenvalue weighted by atomic mass is 10.0. The van der Waals surface area contributed by atoms with E-state index in [0.29, 0.717) is 23.2 Å². The SMILES string of the molecule is O=C(O)N1CCC(Nc2cccc(Br)c2O)CC1. The van der Waals surface area contributed by atoms with Gasteiger partial charge in [0.25, 0.3) is 0 Å². The molecule has 1 aromatic carbocycles. The molecule has 0 atom stereocenters. The molecule has 2 rings (SSSR count). The van der Waals surface area contributed by atoms with Crippen molar-refractivity contribution < 1.29 is 15.0 Å². The van der Waals surface area contributed by atoms with Crippen LogP contribution in [-0.4, -0.2) is 40.3 Å². The predicted octanol–water partition coefficient (Wildman–Crippen LogP) is 2.71. The first-order chi connectivity index (χ1) is 8.58. The van der Waals surface area contributed by atoms with Crippen molar-refractivity contribution in [2.45, 2.75) is 18.9 Å². The highest BCUT2D eigenvalue weighted by atomic mass is 79.9. The number of likely N-dealkylation sites (tertiary alicyclic amines) is 1. The van der Waals surface area contributed by atoms with Gasteiger partial charge in [-0.25, -0.2) is 4.79 Å². The molecule has 6 heteroatoms. The number of halogens is 1. The van der Waals surface area contributed by atoms with Crippen molar-refractivity contribution in [3.05, 3.63) is 22.7 Å². The maximum Gasteiger partial charge on any atom is 0.407 e. The molecule has 0 radical (unpaired) electrons. The van der Waals surface area contributed by atoms with Crippen LogP contribution >= 0.6 is 15.9 Å². The number of hydrogen-bond donors (Lipinski definition) is 3. The quantitative estimate of drug-likeness (QED) is 0.734. The van der Waals surface area contributed by atoms with Gasteiger partial charge in [-0.1, -0.05) is 6.07 Å². The lowest BCUT2D eigenvalue weighted by molar-refractivity contribution is 0.133. The van der Waals surface area contributed by atoms with E-state index in [1.807, 2.05) is 12.1 Å². The summed E-state index contributed by atoms with van der Waals surface area (Å²) in [6.45, 7) is 1.06. The van der Waals surface area contributed by atoms with Crippen LogP contribution in [0.5, 0.6) is 5.75 Å². The Bertz CT molecular complexity index is 445. The summed E-state index contributed by atoms with van der Waals surface area (Å²) in [4.78, 5) is 12.2. The second kappa shape index (κ2) is 5.48. The van der Waals surface area contributed by atoms with Crippen LogP contribution in [0.15, 0.2) is 22.7 Å². The van der Waals surface area contributed by atoms with Gasteiger partial charge < -0.3 is 20.4 Å². The molecule has 0 aliphatic carbocycles. The number of piperidine rings is 1. The zero-order valence-electron chi connectivity index (χ0n) is 9.77. The van der Waals surface area contributed by atoms with Gasteiger partial charge in [0.15, 0.2) is 5.75 Å². The van der Waals surface area contributed by atoms with E-state index in [1.54, 1.807) is 6.07 Å². The van der Waals surface area contributed by atoms with Crippen LogP contribution in [0.2, 0.25) is 0 Å². The summed E-state index contributed by atoms with van der Waals surface area (Å²) >= 11 is 3.26. The fourth-order valence-corrected chi connectivity index (χ4v) is 2.43. The fourth-order valence-electron chi connectivity index (χ4n) is 2.07. The Morgan fingerprint density at radius 3 is 2.67 bits per heavy atom. The van der Waals surface area contributed by atoms with Crippen LogP contribution in [0.3, 0.4) is 0 Å². The van der Waals surface area contributed by atoms with Crippen LogP contribution < -0.4 is 5.32 Å². The average Bonchev–Trinajstić information content (AvgIpc) is 2.36. The Morgan fingerprint density at radius 2 is 2.06 bits per heavy atom. The molecule has 1 amide bonds. The maximum atomic E-state index is 10.8. The molecule has 18 heavy (non-hydrogen) atoms. The number of carbonyl (C=O) groups is 1. The molecule has 0 aromatic heterocycles. The number of anilines is 1. The van der Waals surface area contributed by atoms with E-state index in [-0.39, 0.29) is 11.8 Å². The highest BCUT2D eigenvalue weighted by Crippen LogP contribution is 2.32. The summed E-state index contributed by atoms with van der Waals surface area (Å²) in [5.74, 6) is 0.193. The predicted molar refractivity (Wildman–Crippen MR) is 72.0 cm³/mol. The van der Waals surface area contributed by atoms with Crippen LogP contribution in [0.1, 0.15) is 12.8 Å². The maximum absolute atomic E-state index is 10.8. The third-order valence-electron chi connectivity index (χ3n) is 3.11. The summed E-state index contributed by atoms with van der Waals surface area (Å²) in [6.07, 6.45) is 0.634. The number of amides is 1. The molecule has 0 spiro atoms. The van der Waals surface area contributed by atoms with E-state index in [1.165, 1.54) is 4.90 Å². The number of aromatic hydroxyl groups is 1. The number of phenols is 1. The van der Waals surface area contributed by atoms with E-state index in [2.05, 4.69) is 21.2 Å². The smallest absolute Gasteiger partial charge is 0.407 e. The van der Waals surface area contributed by atoms with Crippen LogP contribution in [0.4, 0.5) is 10.5 Å². The van der Waals surface area contributed by atoms with Gasteiger partial charge >= 0.3 is 6.09 Å². The molecular weight excluding hydrogens is 300 g/mol. The first kappa shape index (κ1) is 13.0. The lowest BCUT2D eigenvalue weighted by Gasteiger charge is -2.31. The normalized spacial score (nSPS) is 16.6. The number of para-hydroxylation sites is 1. The van der Waals surface area contributed by atoms with Gasteiger partial charge in [-0.15, -0.1) is 0 Å². The molecule has 1 aliphatic heterocycles. The number of rotatable bonds is 2. The Morgan fingerprint density at radius 1 is 1.39 bits per heavy atom. The first-order valence-electron chi connectivity index (χ1n) is 5.80. The Labute approximate surface area is 114 Å². The monoisotopic (exact) mass is 314 g/mol. The summed E-state index contributed by atoms with van der Waals surface area (Å²) in [7, 11) is 0. The zero-order chi connectivity index (χ0) is 13.1. The molecule has 5 nitrogen and oxygen atoms in total. The summed E-state index contributed by atoms with van der Waals surface area (Å²) in [6, 6.07) is 5.62.